The van der Waals surface area contributed by atoms with Gasteiger partial charge in [-0.15, -0.1) is 11.3 Å². The van der Waals surface area contributed by atoms with E-state index in [1.165, 1.54) is 16.8 Å². The lowest BCUT2D eigenvalue weighted by Gasteiger charge is -2.20. The summed E-state index contributed by atoms with van der Waals surface area (Å²) in [5, 5.41) is 5.07. The summed E-state index contributed by atoms with van der Waals surface area (Å²) in [6.07, 6.45) is 4.35. The van der Waals surface area contributed by atoms with Crippen LogP contribution in [0.2, 0.25) is 0 Å². The van der Waals surface area contributed by atoms with Crippen molar-refractivity contribution in [1.29, 1.82) is 0 Å². The molecule has 2 aromatic carbocycles. The molecule has 2 heterocycles. The van der Waals surface area contributed by atoms with E-state index in [2.05, 4.69) is 58.5 Å². The highest BCUT2D eigenvalue weighted by Crippen LogP contribution is 2.30. The number of fused-ring (bicyclic) bond motifs is 1. The van der Waals surface area contributed by atoms with Gasteiger partial charge in [0.1, 0.15) is 5.84 Å². The highest BCUT2D eigenvalue weighted by molar-refractivity contribution is 7.12. The van der Waals surface area contributed by atoms with Crippen LogP contribution in [0.25, 0.3) is 0 Å². The number of anilines is 2. The molecular formula is C28H35N5OS. The van der Waals surface area contributed by atoms with Gasteiger partial charge in [-0.3, -0.25) is 4.79 Å². The average Bonchev–Trinajstić information content (AvgIpc) is 3.51. The van der Waals surface area contributed by atoms with Crippen LogP contribution in [-0.4, -0.2) is 50.4 Å². The predicted octanol–water partition coefficient (Wildman–Crippen LogP) is 5.06. The van der Waals surface area contributed by atoms with E-state index in [0.717, 1.165) is 61.6 Å². The number of rotatable bonds is 11. The van der Waals surface area contributed by atoms with Crippen LogP contribution in [0.4, 0.5) is 17.1 Å². The summed E-state index contributed by atoms with van der Waals surface area (Å²) in [5.41, 5.74) is 11.6. The van der Waals surface area contributed by atoms with Gasteiger partial charge in [-0.1, -0.05) is 18.2 Å². The number of aliphatic imine (C=N–C) groups is 1. The van der Waals surface area contributed by atoms with Gasteiger partial charge in [-0.2, -0.15) is 0 Å². The quantitative estimate of drug-likeness (QED) is 0.292. The zero-order valence-electron chi connectivity index (χ0n) is 20.7. The van der Waals surface area contributed by atoms with Gasteiger partial charge in [-0.05, 0) is 99.2 Å². The van der Waals surface area contributed by atoms with Crippen LogP contribution in [0.5, 0.6) is 0 Å². The molecule has 0 radical (unpaired) electrons. The summed E-state index contributed by atoms with van der Waals surface area (Å²) in [6, 6.07) is 18.3. The number of amides is 1. The summed E-state index contributed by atoms with van der Waals surface area (Å²) in [6.45, 7) is 3.24. The highest BCUT2D eigenvalue weighted by atomic mass is 32.1. The van der Waals surface area contributed by atoms with Gasteiger partial charge < -0.3 is 20.9 Å². The van der Waals surface area contributed by atoms with E-state index in [4.69, 9.17) is 5.73 Å². The van der Waals surface area contributed by atoms with Gasteiger partial charge in [0.05, 0.1) is 10.6 Å². The number of nitrogens with two attached hydrogens (primary N) is 1. The maximum atomic E-state index is 12.5. The molecule has 3 N–H and O–H groups in total. The maximum absolute atomic E-state index is 12.5. The molecule has 0 saturated heterocycles. The van der Waals surface area contributed by atoms with Crippen molar-refractivity contribution in [2.24, 2.45) is 10.7 Å². The molecule has 4 rings (SSSR count). The van der Waals surface area contributed by atoms with Crippen LogP contribution >= 0.6 is 11.3 Å². The number of nitrogens with one attached hydrogen (secondary N) is 1. The Morgan fingerprint density at radius 2 is 1.97 bits per heavy atom. The van der Waals surface area contributed by atoms with E-state index in [0.29, 0.717) is 12.3 Å². The number of hydrogen-bond donors (Lipinski definition) is 2. The third kappa shape index (κ3) is 7.16. The number of carbonyl (C=O) groups excluding carboxylic acids is 1. The summed E-state index contributed by atoms with van der Waals surface area (Å²) >= 11 is 1.58. The number of thiophene rings is 1. The van der Waals surface area contributed by atoms with E-state index in [1.54, 1.807) is 11.3 Å². The Labute approximate surface area is 212 Å². The van der Waals surface area contributed by atoms with E-state index < -0.39 is 0 Å². The van der Waals surface area contributed by atoms with Crippen molar-refractivity contribution < 1.29 is 4.79 Å². The molecule has 0 atom stereocenters. The molecule has 0 spiro atoms. The molecule has 0 unspecified atom stereocenters. The fourth-order valence-corrected chi connectivity index (χ4v) is 5.02. The fourth-order valence-electron chi connectivity index (χ4n) is 4.39. The Hall–Kier alpha value is -3.16. The van der Waals surface area contributed by atoms with Crippen LogP contribution in [0.3, 0.4) is 0 Å². The number of benzene rings is 2. The minimum atomic E-state index is 0.0655. The molecule has 0 bridgehead atoms. The molecule has 0 saturated carbocycles. The first kappa shape index (κ1) is 24.9. The molecule has 1 aliphatic rings. The van der Waals surface area contributed by atoms with Crippen LogP contribution in [0.15, 0.2) is 65.0 Å². The summed E-state index contributed by atoms with van der Waals surface area (Å²) < 4.78 is 0. The second kappa shape index (κ2) is 12.0. The summed E-state index contributed by atoms with van der Waals surface area (Å²) in [7, 11) is 4.23. The molecule has 0 aliphatic carbocycles. The van der Waals surface area contributed by atoms with E-state index in [9.17, 15) is 4.79 Å². The van der Waals surface area contributed by atoms with Crippen LogP contribution in [-0.2, 0) is 17.6 Å². The smallest absolute Gasteiger partial charge is 0.224 e. The highest BCUT2D eigenvalue weighted by Gasteiger charge is 2.19. The lowest BCUT2D eigenvalue weighted by molar-refractivity contribution is -0.116. The van der Waals surface area contributed by atoms with Crippen LogP contribution < -0.4 is 16.0 Å². The van der Waals surface area contributed by atoms with Gasteiger partial charge in [0.25, 0.3) is 0 Å². The average molecular weight is 490 g/mol. The van der Waals surface area contributed by atoms with Crippen molar-refractivity contribution in [2.45, 2.75) is 32.1 Å². The van der Waals surface area contributed by atoms with Crippen molar-refractivity contribution in [3.05, 3.63) is 76.0 Å². The van der Waals surface area contributed by atoms with Gasteiger partial charge >= 0.3 is 0 Å². The molecular weight excluding hydrogens is 454 g/mol. The molecule has 7 heteroatoms. The summed E-state index contributed by atoms with van der Waals surface area (Å²) in [5.74, 6) is 0.601. The monoisotopic (exact) mass is 489 g/mol. The van der Waals surface area contributed by atoms with Gasteiger partial charge in [-0.25, -0.2) is 4.99 Å². The summed E-state index contributed by atoms with van der Waals surface area (Å²) in [4.78, 5) is 22.6. The largest absolute Gasteiger partial charge is 0.383 e. The van der Waals surface area contributed by atoms with Gasteiger partial charge in [0.2, 0.25) is 5.91 Å². The number of nitrogens with zero attached hydrogens (tertiary/aromatic N) is 3. The van der Waals surface area contributed by atoms with Crippen molar-refractivity contribution in [2.75, 3.05) is 43.9 Å². The lowest BCUT2D eigenvalue weighted by Crippen LogP contribution is -2.25. The van der Waals surface area contributed by atoms with Crippen molar-refractivity contribution in [3.8, 4) is 0 Å². The molecule has 6 nitrogen and oxygen atoms in total. The second-order valence-electron chi connectivity index (χ2n) is 9.28. The molecule has 3 aromatic rings. The third-order valence-corrected chi connectivity index (χ3v) is 7.11. The maximum Gasteiger partial charge on any atom is 0.224 e. The molecule has 1 amide bonds. The first-order valence-corrected chi connectivity index (χ1v) is 13.2. The lowest BCUT2D eigenvalue weighted by atomic mass is 10.1. The van der Waals surface area contributed by atoms with E-state index in [-0.39, 0.29) is 5.91 Å². The first-order valence-electron chi connectivity index (χ1n) is 12.3. The predicted molar refractivity (Wildman–Crippen MR) is 148 cm³/mol. The third-order valence-electron chi connectivity index (χ3n) is 6.22. The van der Waals surface area contributed by atoms with Gasteiger partial charge in [0, 0.05) is 30.9 Å². The number of hydrogen-bond acceptors (Lipinski definition) is 5. The zero-order chi connectivity index (χ0) is 24.6. The van der Waals surface area contributed by atoms with E-state index >= 15 is 0 Å². The van der Waals surface area contributed by atoms with Crippen LogP contribution in [0, 0.1) is 0 Å². The second-order valence-corrected chi connectivity index (χ2v) is 10.2. The Morgan fingerprint density at radius 3 is 2.71 bits per heavy atom. The minimum Gasteiger partial charge on any atom is -0.383 e. The molecule has 35 heavy (non-hydrogen) atoms. The Bertz CT molecular complexity index is 1140. The van der Waals surface area contributed by atoms with Crippen molar-refractivity contribution in [3.63, 3.8) is 0 Å². The number of carbonyl (C=O) groups is 1. The first-order chi connectivity index (χ1) is 17.0. The Balaban J connectivity index is 1.22. The van der Waals surface area contributed by atoms with Crippen LogP contribution in [0.1, 0.15) is 35.3 Å². The molecule has 0 fully saturated rings. The Morgan fingerprint density at radius 1 is 1.14 bits per heavy atom. The van der Waals surface area contributed by atoms with Crippen molar-refractivity contribution in [1.82, 2.24) is 4.90 Å². The normalized spacial score (nSPS) is 13.3. The molecule has 184 valence electrons. The molecule has 1 aromatic heterocycles. The number of amidine groups is 1. The standard InChI is InChI=1S/C28H35N5OS/c1-32(2)16-5-17-33-18-15-22-20-24(13-14-25(22)33)30-27(34)8-3-6-21-9-11-23(12-10-21)31-28(29)26-7-4-19-35-26/h4,7,9-14,19-20H,3,5-6,8,15-18H2,1-2H3,(H2,29,31)(H,30,34). The fraction of sp³-hybridized carbons (Fsp3) is 0.357. The van der Waals surface area contributed by atoms with Crippen molar-refractivity contribution >= 4 is 40.1 Å². The minimum absolute atomic E-state index is 0.0655. The Kier molecular flexibility index (Phi) is 8.55. The molecule has 1 aliphatic heterocycles. The zero-order valence-corrected chi connectivity index (χ0v) is 21.5. The van der Waals surface area contributed by atoms with E-state index in [1.807, 2.05) is 35.7 Å². The topological polar surface area (TPSA) is 74.0 Å². The number of aryl methyl sites for hydroxylation is 1. The SMILES string of the molecule is CN(C)CCCN1CCc2cc(NC(=O)CCCc3ccc(/N=C(\N)c4cccs4)cc3)ccc21. The van der Waals surface area contributed by atoms with Gasteiger partial charge in [0.15, 0.2) is 0 Å².